The molecule has 1 amide bonds. The summed E-state index contributed by atoms with van der Waals surface area (Å²) in [5.41, 5.74) is 2.91. The molecule has 0 aliphatic heterocycles. The highest BCUT2D eigenvalue weighted by atomic mass is 79.9. The van der Waals surface area contributed by atoms with Crippen molar-refractivity contribution >= 4 is 38.9 Å². The van der Waals surface area contributed by atoms with E-state index in [0.717, 1.165) is 26.2 Å². The number of hydrogen-bond donors (Lipinski definition) is 1. The van der Waals surface area contributed by atoms with E-state index in [1.807, 2.05) is 43.5 Å². The average molecular weight is 310 g/mol. The first kappa shape index (κ1) is 12.3. The molecule has 0 saturated heterocycles. The summed E-state index contributed by atoms with van der Waals surface area (Å²) in [7, 11) is 0. The van der Waals surface area contributed by atoms with Crippen molar-refractivity contribution in [2.24, 2.45) is 0 Å². The molecule has 88 valence electrons. The predicted molar refractivity (Wildman–Crippen MR) is 75.9 cm³/mol. The Morgan fingerprint density at radius 1 is 1.24 bits per heavy atom. The standard InChI is InChI=1S/C13H12BrNOS/c1-8-5-6-17-12(8)13(16)15-11-4-3-10(14)7-9(11)2/h3-7H,1-2H3,(H,15,16). The van der Waals surface area contributed by atoms with Crippen LogP contribution in [0.25, 0.3) is 0 Å². The number of amides is 1. The van der Waals surface area contributed by atoms with E-state index in [9.17, 15) is 4.79 Å². The van der Waals surface area contributed by atoms with Gasteiger partial charge in [-0.05, 0) is 54.6 Å². The monoisotopic (exact) mass is 309 g/mol. The topological polar surface area (TPSA) is 29.1 Å². The maximum atomic E-state index is 12.0. The lowest BCUT2D eigenvalue weighted by molar-refractivity contribution is 0.103. The fourth-order valence-electron chi connectivity index (χ4n) is 1.55. The maximum absolute atomic E-state index is 12.0. The lowest BCUT2D eigenvalue weighted by Gasteiger charge is -2.08. The summed E-state index contributed by atoms with van der Waals surface area (Å²) in [6.45, 7) is 3.92. The van der Waals surface area contributed by atoms with Crippen LogP contribution in [0.15, 0.2) is 34.1 Å². The van der Waals surface area contributed by atoms with E-state index >= 15 is 0 Å². The Bertz CT molecular complexity index is 562. The van der Waals surface area contributed by atoms with Gasteiger partial charge in [-0.1, -0.05) is 15.9 Å². The molecule has 4 heteroatoms. The van der Waals surface area contributed by atoms with Gasteiger partial charge in [0, 0.05) is 10.2 Å². The molecule has 0 saturated carbocycles. The number of aryl methyl sites for hydroxylation is 2. The van der Waals surface area contributed by atoms with Crippen LogP contribution in [0, 0.1) is 13.8 Å². The van der Waals surface area contributed by atoms with E-state index in [1.165, 1.54) is 11.3 Å². The first-order valence-corrected chi connectivity index (χ1v) is 6.87. The Hall–Kier alpha value is -1.13. The van der Waals surface area contributed by atoms with Crippen LogP contribution in [-0.2, 0) is 0 Å². The minimum atomic E-state index is -0.0390. The van der Waals surface area contributed by atoms with Gasteiger partial charge in [-0.15, -0.1) is 11.3 Å². The van der Waals surface area contributed by atoms with Crippen LogP contribution in [-0.4, -0.2) is 5.91 Å². The molecule has 0 atom stereocenters. The van der Waals surface area contributed by atoms with E-state index in [1.54, 1.807) is 0 Å². The van der Waals surface area contributed by atoms with E-state index < -0.39 is 0 Å². The molecule has 1 N–H and O–H groups in total. The van der Waals surface area contributed by atoms with E-state index in [-0.39, 0.29) is 5.91 Å². The second kappa shape index (κ2) is 5.02. The molecule has 2 rings (SSSR count). The fraction of sp³-hybridized carbons (Fsp3) is 0.154. The molecule has 0 radical (unpaired) electrons. The molecule has 1 aromatic carbocycles. The van der Waals surface area contributed by atoms with Crippen molar-refractivity contribution < 1.29 is 4.79 Å². The van der Waals surface area contributed by atoms with Crippen LogP contribution in [0.2, 0.25) is 0 Å². The molecule has 2 nitrogen and oxygen atoms in total. The molecule has 17 heavy (non-hydrogen) atoms. The van der Waals surface area contributed by atoms with Crippen LogP contribution in [0.5, 0.6) is 0 Å². The third-order valence-corrected chi connectivity index (χ3v) is 4.01. The van der Waals surface area contributed by atoms with Gasteiger partial charge in [0.1, 0.15) is 0 Å². The molecule has 1 heterocycles. The van der Waals surface area contributed by atoms with Crippen molar-refractivity contribution in [3.05, 3.63) is 50.1 Å². The number of benzene rings is 1. The molecule has 0 fully saturated rings. The quantitative estimate of drug-likeness (QED) is 0.876. The van der Waals surface area contributed by atoms with Crippen molar-refractivity contribution in [1.29, 1.82) is 0 Å². The molecule has 0 aliphatic carbocycles. The van der Waals surface area contributed by atoms with Gasteiger partial charge >= 0.3 is 0 Å². The number of carbonyl (C=O) groups is 1. The summed E-state index contributed by atoms with van der Waals surface area (Å²) in [6.07, 6.45) is 0. The van der Waals surface area contributed by atoms with Gasteiger partial charge in [-0.25, -0.2) is 0 Å². The van der Waals surface area contributed by atoms with Gasteiger partial charge < -0.3 is 5.32 Å². The minimum Gasteiger partial charge on any atom is -0.321 e. The van der Waals surface area contributed by atoms with Crippen LogP contribution >= 0.6 is 27.3 Å². The molecular weight excluding hydrogens is 298 g/mol. The normalized spacial score (nSPS) is 10.3. The van der Waals surface area contributed by atoms with Crippen molar-refractivity contribution in [2.45, 2.75) is 13.8 Å². The molecule has 2 aromatic rings. The Morgan fingerprint density at radius 3 is 2.59 bits per heavy atom. The van der Waals surface area contributed by atoms with Crippen LogP contribution in [0.4, 0.5) is 5.69 Å². The zero-order chi connectivity index (χ0) is 12.4. The first-order valence-electron chi connectivity index (χ1n) is 5.19. The lowest BCUT2D eigenvalue weighted by atomic mass is 10.2. The molecule has 0 bridgehead atoms. The summed E-state index contributed by atoms with van der Waals surface area (Å²) in [5, 5.41) is 4.86. The molecule has 0 unspecified atom stereocenters. The number of hydrogen-bond acceptors (Lipinski definition) is 2. The number of thiophene rings is 1. The maximum Gasteiger partial charge on any atom is 0.266 e. The lowest BCUT2D eigenvalue weighted by Crippen LogP contribution is -2.12. The predicted octanol–water partition coefficient (Wildman–Crippen LogP) is 4.38. The summed E-state index contributed by atoms with van der Waals surface area (Å²) in [5.74, 6) is -0.0390. The number of rotatable bonds is 2. The fourth-order valence-corrected chi connectivity index (χ4v) is 2.85. The number of anilines is 1. The van der Waals surface area contributed by atoms with Gasteiger partial charge in [-0.2, -0.15) is 0 Å². The summed E-state index contributed by atoms with van der Waals surface area (Å²) in [4.78, 5) is 12.8. The largest absolute Gasteiger partial charge is 0.321 e. The van der Waals surface area contributed by atoms with Crippen LogP contribution in [0.3, 0.4) is 0 Å². The molecule has 0 spiro atoms. The number of carbonyl (C=O) groups excluding carboxylic acids is 1. The highest BCUT2D eigenvalue weighted by Crippen LogP contribution is 2.22. The SMILES string of the molecule is Cc1cc(Br)ccc1NC(=O)c1sccc1C. The average Bonchev–Trinajstić information content (AvgIpc) is 2.68. The highest BCUT2D eigenvalue weighted by Gasteiger charge is 2.11. The molecule has 1 aromatic heterocycles. The van der Waals surface area contributed by atoms with Gasteiger partial charge in [0.2, 0.25) is 0 Å². The van der Waals surface area contributed by atoms with Crippen molar-refractivity contribution in [1.82, 2.24) is 0 Å². The van der Waals surface area contributed by atoms with E-state index in [2.05, 4.69) is 21.2 Å². The molecular formula is C13H12BrNOS. The van der Waals surface area contributed by atoms with Gasteiger partial charge in [0.15, 0.2) is 0 Å². The zero-order valence-electron chi connectivity index (χ0n) is 9.58. The van der Waals surface area contributed by atoms with Crippen molar-refractivity contribution in [2.75, 3.05) is 5.32 Å². The minimum absolute atomic E-state index is 0.0390. The summed E-state index contributed by atoms with van der Waals surface area (Å²) >= 11 is 4.87. The second-order valence-electron chi connectivity index (χ2n) is 3.85. The number of nitrogens with one attached hydrogen (secondary N) is 1. The summed E-state index contributed by atoms with van der Waals surface area (Å²) in [6, 6.07) is 7.76. The number of halogens is 1. The second-order valence-corrected chi connectivity index (χ2v) is 5.68. The Balaban J connectivity index is 2.22. The van der Waals surface area contributed by atoms with E-state index in [0.29, 0.717) is 0 Å². The van der Waals surface area contributed by atoms with Gasteiger partial charge in [0.05, 0.1) is 4.88 Å². The van der Waals surface area contributed by atoms with Gasteiger partial charge in [-0.3, -0.25) is 4.79 Å². The third-order valence-electron chi connectivity index (χ3n) is 2.50. The highest BCUT2D eigenvalue weighted by molar-refractivity contribution is 9.10. The van der Waals surface area contributed by atoms with Crippen molar-refractivity contribution in [3.63, 3.8) is 0 Å². The smallest absolute Gasteiger partial charge is 0.266 e. The summed E-state index contributed by atoms with van der Waals surface area (Å²) < 4.78 is 1.01. The van der Waals surface area contributed by atoms with Crippen LogP contribution < -0.4 is 5.32 Å². The third kappa shape index (κ3) is 2.76. The van der Waals surface area contributed by atoms with Gasteiger partial charge in [0.25, 0.3) is 5.91 Å². The first-order chi connectivity index (χ1) is 8.08. The van der Waals surface area contributed by atoms with E-state index in [4.69, 9.17) is 0 Å². The van der Waals surface area contributed by atoms with Crippen molar-refractivity contribution in [3.8, 4) is 0 Å². The Morgan fingerprint density at radius 2 is 2.00 bits per heavy atom. The van der Waals surface area contributed by atoms with Crippen LogP contribution in [0.1, 0.15) is 20.8 Å². The Labute approximate surface area is 113 Å². The zero-order valence-corrected chi connectivity index (χ0v) is 12.0. The Kier molecular flexibility index (Phi) is 3.64. The molecule has 0 aliphatic rings.